The number of carboxylic acid groups (broad SMARTS) is 1. The molecule has 0 aliphatic carbocycles. The molecule has 0 radical (unpaired) electrons. The summed E-state index contributed by atoms with van der Waals surface area (Å²) < 4.78 is 4.75. The average Bonchev–Trinajstić information content (AvgIpc) is 2.03. The lowest BCUT2D eigenvalue weighted by atomic mass is 10.5. The van der Waals surface area contributed by atoms with Crippen molar-refractivity contribution in [2.24, 2.45) is 0 Å². The van der Waals surface area contributed by atoms with Gasteiger partial charge in [0.15, 0.2) is 6.07 Å². The fraction of sp³-hybridized carbons (Fsp3) is 0.167. The maximum atomic E-state index is 10.4. The summed E-state index contributed by atoms with van der Waals surface area (Å²) in [6.45, 7) is 0. The van der Waals surface area contributed by atoms with Crippen LogP contribution in [-0.4, -0.2) is 27.1 Å². The molecule has 0 aromatic carbocycles. The summed E-state index contributed by atoms with van der Waals surface area (Å²) in [6, 6.07) is 1.16. The number of aromatic carboxylic acids is 1. The number of nitrogens with zero attached hydrogens (tertiary/aromatic N) is 2. The number of nitrogen functional groups attached to an aromatic ring is 1. The van der Waals surface area contributed by atoms with E-state index in [1.165, 1.54) is 6.07 Å². The Bertz CT molecular complexity index is 331. The SMILES string of the molecule is Nc1cc(OCCl)nc(C(=O)O)n1. The molecule has 0 aliphatic heterocycles. The molecule has 1 aromatic rings. The van der Waals surface area contributed by atoms with E-state index in [0.717, 1.165) is 0 Å². The second-order valence-corrected chi connectivity index (χ2v) is 2.23. The first-order valence-electron chi connectivity index (χ1n) is 3.20. The molecule has 0 amide bonds. The Morgan fingerprint density at radius 1 is 1.69 bits per heavy atom. The molecule has 6 nitrogen and oxygen atoms in total. The molecular weight excluding hydrogens is 198 g/mol. The summed E-state index contributed by atoms with van der Waals surface area (Å²) in [5.41, 5.74) is 5.29. The molecule has 0 saturated carbocycles. The fourth-order valence-corrected chi connectivity index (χ4v) is 0.780. The maximum absolute atomic E-state index is 10.4. The molecule has 0 saturated heterocycles. The van der Waals surface area contributed by atoms with Crippen LogP contribution in [0.15, 0.2) is 6.07 Å². The first-order chi connectivity index (χ1) is 6.13. The van der Waals surface area contributed by atoms with Crippen LogP contribution in [0.25, 0.3) is 0 Å². The van der Waals surface area contributed by atoms with Gasteiger partial charge in [-0.15, -0.1) is 0 Å². The van der Waals surface area contributed by atoms with E-state index >= 15 is 0 Å². The third-order valence-electron chi connectivity index (χ3n) is 1.12. The van der Waals surface area contributed by atoms with Crippen molar-refractivity contribution in [3.8, 4) is 5.88 Å². The summed E-state index contributed by atoms with van der Waals surface area (Å²) in [5, 5.41) is 8.53. The number of hydrogen-bond acceptors (Lipinski definition) is 5. The van der Waals surface area contributed by atoms with E-state index in [1.54, 1.807) is 0 Å². The molecule has 3 N–H and O–H groups in total. The van der Waals surface area contributed by atoms with E-state index in [1.807, 2.05) is 0 Å². The van der Waals surface area contributed by atoms with Gasteiger partial charge in [0, 0.05) is 6.07 Å². The van der Waals surface area contributed by atoms with Gasteiger partial charge in [-0.1, -0.05) is 11.6 Å². The third kappa shape index (κ3) is 2.45. The van der Waals surface area contributed by atoms with Gasteiger partial charge in [0.1, 0.15) is 5.82 Å². The zero-order chi connectivity index (χ0) is 9.84. The Balaban J connectivity index is 3.03. The lowest BCUT2D eigenvalue weighted by molar-refractivity contribution is 0.0682. The van der Waals surface area contributed by atoms with E-state index in [9.17, 15) is 4.79 Å². The smallest absolute Gasteiger partial charge is 0.374 e. The maximum Gasteiger partial charge on any atom is 0.374 e. The number of aromatic nitrogens is 2. The molecule has 0 aliphatic rings. The van der Waals surface area contributed by atoms with Crippen LogP contribution >= 0.6 is 11.6 Å². The second-order valence-electron chi connectivity index (χ2n) is 2.01. The number of rotatable bonds is 3. The first kappa shape index (κ1) is 9.53. The van der Waals surface area contributed by atoms with E-state index in [2.05, 4.69) is 9.97 Å². The van der Waals surface area contributed by atoms with Crippen molar-refractivity contribution >= 4 is 23.4 Å². The number of hydrogen-bond donors (Lipinski definition) is 2. The molecule has 0 bridgehead atoms. The Kier molecular flexibility index (Phi) is 2.86. The fourth-order valence-electron chi connectivity index (χ4n) is 0.668. The highest BCUT2D eigenvalue weighted by atomic mass is 35.5. The molecule has 0 atom stereocenters. The van der Waals surface area contributed by atoms with Crippen molar-refractivity contribution in [2.45, 2.75) is 0 Å². The highest BCUT2D eigenvalue weighted by molar-refractivity contribution is 6.17. The highest BCUT2D eigenvalue weighted by Crippen LogP contribution is 2.10. The highest BCUT2D eigenvalue weighted by Gasteiger charge is 2.09. The second kappa shape index (κ2) is 3.90. The van der Waals surface area contributed by atoms with Crippen molar-refractivity contribution in [3.05, 3.63) is 11.9 Å². The van der Waals surface area contributed by atoms with Crippen LogP contribution < -0.4 is 10.5 Å². The molecule has 7 heteroatoms. The Morgan fingerprint density at radius 3 is 2.92 bits per heavy atom. The molecule has 1 aromatic heterocycles. The number of carbonyl (C=O) groups is 1. The summed E-state index contributed by atoms with van der Waals surface area (Å²) >= 11 is 5.25. The monoisotopic (exact) mass is 203 g/mol. The minimum Gasteiger partial charge on any atom is -0.475 e. The molecular formula is C6H6ClN3O3. The number of carboxylic acids is 1. The normalized spacial score (nSPS) is 9.62. The predicted molar refractivity (Wildman–Crippen MR) is 44.8 cm³/mol. The number of alkyl halides is 1. The zero-order valence-electron chi connectivity index (χ0n) is 6.40. The van der Waals surface area contributed by atoms with Gasteiger partial charge in [-0.25, -0.2) is 9.78 Å². The Morgan fingerprint density at radius 2 is 2.38 bits per heavy atom. The van der Waals surface area contributed by atoms with Crippen LogP contribution in [0, 0.1) is 0 Å². The van der Waals surface area contributed by atoms with Crippen molar-refractivity contribution in [1.29, 1.82) is 0 Å². The summed E-state index contributed by atoms with van der Waals surface area (Å²) in [7, 11) is 0. The Labute approximate surface area is 78.3 Å². The van der Waals surface area contributed by atoms with Gasteiger partial charge in [0.2, 0.25) is 11.7 Å². The topological polar surface area (TPSA) is 98.3 Å². The molecule has 70 valence electrons. The number of ether oxygens (including phenoxy) is 1. The zero-order valence-corrected chi connectivity index (χ0v) is 7.15. The number of halogens is 1. The summed E-state index contributed by atoms with van der Waals surface area (Å²) in [6.07, 6.45) is 0. The quantitative estimate of drug-likeness (QED) is 0.687. The molecule has 13 heavy (non-hydrogen) atoms. The van der Waals surface area contributed by atoms with Gasteiger partial charge in [-0.3, -0.25) is 0 Å². The molecule has 1 heterocycles. The van der Waals surface area contributed by atoms with E-state index in [4.69, 9.17) is 27.2 Å². The van der Waals surface area contributed by atoms with Crippen LogP contribution in [-0.2, 0) is 0 Å². The van der Waals surface area contributed by atoms with Gasteiger partial charge >= 0.3 is 5.97 Å². The van der Waals surface area contributed by atoms with Crippen LogP contribution in [0.4, 0.5) is 5.82 Å². The van der Waals surface area contributed by atoms with Gasteiger partial charge in [-0.2, -0.15) is 4.98 Å². The molecule has 0 fully saturated rings. The lowest BCUT2D eigenvalue weighted by Crippen LogP contribution is -2.08. The molecule has 0 unspecified atom stereocenters. The van der Waals surface area contributed by atoms with Crippen molar-refractivity contribution in [3.63, 3.8) is 0 Å². The van der Waals surface area contributed by atoms with Gasteiger partial charge in [0.25, 0.3) is 0 Å². The van der Waals surface area contributed by atoms with Crippen LogP contribution in [0.2, 0.25) is 0 Å². The van der Waals surface area contributed by atoms with Gasteiger partial charge < -0.3 is 15.6 Å². The number of anilines is 1. The van der Waals surface area contributed by atoms with E-state index in [-0.39, 0.29) is 17.8 Å². The minimum atomic E-state index is -1.27. The van der Waals surface area contributed by atoms with Crippen molar-refractivity contribution < 1.29 is 14.6 Å². The molecule has 0 spiro atoms. The van der Waals surface area contributed by atoms with Crippen molar-refractivity contribution in [1.82, 2.24) is 9.97 Å². The number of nitrogens with two attached hydrogens (primary N) is 1. The standard InChI is InChI=1S/C6H6ClN3O3/c7-2-13-4-1-3(8)9-5(10-4)6(11)12/h1H,2H2,(H,11,12)(H2,8,9,10). The lowest BCUT2D eigenvalue weighted by Gasteiger charge is -2.01. The first-order valence-corrected chi connectivity index (χ1v) is 3.73. The molecule has 1 rings (SSSR count). The van der Waals surface area contributed by atoms with Gasteiger partial charge in [0.05, 0.1) is 0 Å². The average molecular weight is 204 g/mol. The van der Waals surface area contributed by atoms with E-state index in [0.29, 0.717) is 0 Å². The van der Waals surface area contributed by atoms with Crippen molar-refractivity contribution in [2.75, 3.05) is 11.8 Å². The minimum absolute atomic E-state index is 0.0208. The predicted octanol–water partition coefficient (Wildman–Crippen LogP) is 0.332. The van der Waals surface area contributed by atoms with E-state index < -0.39 is 11.8 Å². The van der Waals surface area contributed by atoms with Crippen LogP contribution in [0.5, 0.6) is 5.88 Å². The summed E-state index contributed by atoms with van der Waals surface area (Å²) in [5.74, 6) is -1.63. The third-order valence-corrected chi connectivity index (χ3v) is 1.23. The van der Waals surface area contributed by atoms with Crippen LogP contribution in [0.1, 0.15) is 10.6 Å². The summed E-state index contributed by atoms with van der Waals surface area (Å²) in [4.78, 5) is 17.4. The van der Waals surface area contributed by atoms with Crippen LogP contribution in [0.3, 0.4) is 0 Å². The Hall–Kier alpha value is -1.56. The largest absolute Gasteiger partial charge is 0.475 e. The van der Waals surface area contributed by atoms with Gasteiger partial charge in [-0.05, 0) is 0 Å².